The zero-order valence-electron chi connectivity index (χ0n) is 17.1. The van der Waals surface area contributed by atoms with Crippen molar-refractivity contribution in [3.63, 3.8) is 0 Å². The number of benzene rings is 2. The van der Waals surface area contributed by atoms with E-state index in [4.69, 9.17) is 11.6 Å². The summed E-state index contributed by atoms with van der Waals surface area (Å²) in [4.78, 5) is 6.53. The first-order valence-corrected chi connectivity index (χ1v) is 10.3. The summed E-state index contributed by atoms with van der Waals surface area (Å²) in [7, 11) is 2.06. The molecule has 0 radical (unpaired) electrons. The average Bonchev–Trinajstić information content (AvgIpc) is 3.10. The Morgan fingerprint density at radius 3 is 2.37 bits per heavy atom. The fraction of sp³-hybridized carbons (Fsp3) is 0.435. The van der Waals surface area contributed by atoms with Gasteiger partial charge < -0.3 is 4.90 Å². The molecule has 4 rings (SSSR count). The van der Waals surface area contributed by atoms with Crippen molar-refractivity contribution in [2.24, 2.45) is 4.99 Å². The van der Waals surface area contributed by atoms with Crippen LogP contribution in [0.25, 0.3) is 0 Å². The van der Waals surface area contributed by atoms with E-state index in [2.05, 4.69) is 16.9 Å². The van der Waals surface area contributed by atoms with Crippen molar-refractivity contribution in [2.75, 3.05) is 26.7 Å². The van der Waals surface area contributed by atoms with E-state index < -0.39 is 24.0 Å². The first-order chi connectivity index (χ1) is 14.0. The van der Waals surface area contributed by atoms with Crippen molar-refractivity contribution < 1.29 is 17.6 Å². The summed E-state index contributed by atoms with van der Waals surface area (Å²) < 4.78 is 56.8. The predicted octanol–water partition coefficient (Wildman–Crippen LogP) is 5.82. The SMILES string of the molecule is Cc1cc(C2=NCC(c3cc(C)c(F)c(Cl)c3)(C(F)(F)F)C2)ccc1C1CN(C)C1. The molecule has 2 nitrogen and oxygen atoms in total. The minimum atomic E-state index is -4.54. The maximum atomic E-state index is 14.3. The summed E-state index contributed by atoms with van der Waals surface area (Å²) in [5.74, 6) is -0.224. The number of aliphatic imine (C=N–C) groups is 1. The van der Waals surface area contributed by atoms with E-state index in [1.807, 2.05) is 25.1 Å². The number of nitrogens with zero attached hydrogens (tertiary/aromatic N) is 2. The molecule has 2 heterocycles. The number of aryl methyl sites for hydroxylation is 2. The Bertz CT molecular complexity index is 1000. The predicted molar refractivity (Wildman–Crippen MR) is 111 cm³/mol. The number of halogens is 5. The summed E-state index contributed by atoms with van der Waals surface area (Å²) in [5.41, 5.74) is 1.29. The Morgan fingerprint density at radius 1 is 1.10 bits per heavy atom. The molecule has 160 valence electrons. The van der Waals surface area contributed by atoms with Gasteiger partial charge in [0.25, 0.3) is 0 Å². The van der Waals surface area contributed by atoms with Crippen LogP contribution in [0.2, 0.25) is 5.02 Å². The van der Waals surface area contributed by atoms with Crippen molar-refractivity contribution in [3.8, 4) is 0 Å². The first-order valence-electron chi connectivity index (χ1n) is 9.87. The van der Waals surface area contributed by atoms with Crippen LogP contribution in [0, 0.1) is 19.7 Å². The van der Waals surface area contributed by atoms with Gasteiger partial charge in [-0.2, -0.15) is 13.2 Å². The van der Waals surface area contributed by atoms with Crippen LogP contribution in [0.4, 0.5) is 17.6 Å². The van der Waals surface area contributed by atoms with E-state index in [0.717, 1.165) is 24.7 Å². The van der Waals surface area contributed by atoms with Gasteiger partial charge in [-0.3, -0.25) is 4.99 Å². The van der Waals surface area contributed by atoms with E-state index in [9.17, 15) is 17.6 Å². The second kappa shape index (κ2) is 7.34. The van der Waals surface area contributed by atoms with Gasteiger partial charge in [-0.25, -0.2) is 4.39 Å². The van der Waals surface area contributed by atoms with Crippen molar-refractivity contribution in [3.05, 3.63) is 69.0 Å². The monoisotopic (exact) mass is 438 g/mol. The Balaban J connectivity index is 1.67. The van der Waals surface area contributed by atoms with Gasteiger partial charge in [0.2, 0.25) is 0 Å². The zero-order valence-corrected chi connectivity index (χ0v) is 17.8. The number of likely N-dealkylation sites (N-methyl/N-ethyl adjacent to an activating group) is 1. The lowest BCUT2D eigenvalue weighted by Gasteiger charge is -2.37. The molecule has 1 atom stereocenters. The molecule has 2 aliphatic rings. The molecule has 7 heteroatoms. The summed E-state index contributed by atoms with van der Waals surface area (Å²) >= 11 is 5.88. The molecule has 0 bridgehead atoms. The molecular weight excluding hydrogens is 416 g/mol. The molecule has 30 heavy (non-hydrogen) atoms. The molecule has 2 aliphatic heterocycles. The summed E-state index contributed by atoms with van der Waals surface area (Å²) in [6, 6.07) is 8.15. The highest BCUT2D eigenvalue weighted by molar-refractivity contribution is 6.30. The van der Waals surface area contributed by atoms with Crippen LogP contribution in [-0.2, 0) is 5.41 Å². The Labute approximate surface area is 178 Å². The lowest BCUT2D eigenvalue weighted by molar-refractivity contribution is -0.183. The molecule has 0 N–H and O–H groups in total. The fourth-order valence-corrected chi connectivity index (χ4v) is 4.85. The summed E-state index contributed by atoms with van der Waals surface area (Å²) in [6.45, 7) is 4.96. The number of likely N-dealkylation sites (tertiary alicyclic amines) is 1. The number of rotatable bonds is 3. The van der Waals surface area contributed by atoms with Crippen molar-refractivity contribution >= 4 is 17.3 Å². The fourth-order valence-electron chi connectivity index (χ4n) is 4.58. The Kier molecular flexibility index (Phi) is 5.22. The molecule has 1 saturated heterocycles. The van der Waals surface area contributed by atoms with E-state index in [-0.39, 0.29) is 22.6 Å². The summed E-state index contributed by atoms with van der Waals surface area (Å²) in [6.07, 6.45) is -4.83. The number of hydrogen-bond acceptors (Lipinski definition) is 2. The van der Waals surface area contributed by atoms with Crippen LogP contribution < -0.4 is 0 Å². The third kappa shape index (κ3) is 3.44. The second-order valence-corrected chi connectivity index (χ2v) is 9.01. The molecule has 0 saturated carbocycles. The van der Waals surface area contributed by atoms with E-state index in [1.54, 1.807) is 0 Å². The maximum Gasteiger partial charge on any atom is 0.400 e. The highest BCUT2D eigenvalue weighted by Crippen LogP contribution is 2.48. The molecule has 0 aromatic heterocycles. The van der Waals surface area contributed by atoms with E-state index in [1.165, 1.54) is 18.6 Å². The molecule has 2 aromatic rings. The number of alkyl halides is 3. The lowest BCUT2D eigenvalue weighted by atomic mass is 9.76. The van der Waals surface area contributed by atoms with Crippen LogP contribution in [0.3, 0.4) is 0 Å². The molecule has 0 aliphatic carbocycles. The van der Waals surface area contributed by atoms with Crippen molar-refractivity contribution in [2.45, 2.75) is 37.8 Å². The molecular formula is C23H23ClF4N2. The molecule has 0 amide bonds. The van der Waals surface area contributed by atoms with Gasteiger partial charge in [-0.05, 0) is 60.8 Å². The van der Waals surface area contributed by atoms with Crippen molar-refractivity contribution in [1.82, 2.24) is 4.90 Å². The van der Waals surface area contributed by atoms with Crippen LogP contribution >= 0.6 is 11.6 Å². The number of hydrogen-bond donors (Lipinski definition) is 0. The largest absolute Gasteiger partial charge is 0.400 e. The second-order valence-electron chi connectivity index (χ2n) is 8.60. The highest BCUT2D eigenvalue weighted by atomic mass is 35.5. The van der Waals surface area contributed by atoms with Crippen molar-refractivity contribution in [1.29, 1.82) is 0 Å². The Morgan fingerprint density at radius 2 is 1.80 bits per heavy atom. The topological polar surface area (TPSA) is 15.6 Å². The third-order valence-electron chi connectivity index (χ3n) is 6.42. The van der Waals surface area contributed by atoms with Gasteiger partial charge in [-0.15, -0.1) is 0 Å². The van der Waals surface area contributed by atoms with Gasteiger partial charge in [0.1, 0.15) is 11.2 Å². The zero-order chi connectivity index (χ0) is 21.8. The average molecular weight is 439 g/mol. The maximum absolute atomic E-state index is 14.3. The van der Waals surface area contributed by atoms with E-state index in [0.29, 0.717) is 17.2 Å². The minimum Gasteiger partial charge on any atom is -0.305 e. The quantitative estimate of drug-likeness (QED) is 0.551. The van der Waals surface area contributed by atoms with E-state index >= 15 is 0 Å². The van der Waals surface area contributed by atoms with Crippen LogP contribution in [-0.4, -0.2) is 43.5 Å². The Hall–Kier alpha value is -1.92. The molecule has 1 unspecified atom stereocenters. The third-order valence-corrected chi connectivity index (χ3v) is 6.70. The standard InChI is InChI=1S/C23H23ClF4N2/c1-13-6-15(4-5-18(13)16-10-30(3)11-16)20-9-22(12-29-20,23(26,27)28)17-7-14(2)21(25)19(24)8-17/h4-8,16H,9-12H2,1-3H3. The minimum absolute atomic E-state index is 0.0384. The molecule has 2 aromatic carbocycles. The molecule has 1 fully saturated rings. The van der Waals surface area contributed by atoms with Crippen LogP contribution in [0.15, 0.2) is 35.3 Å². The highest BCUT2D eigenvalue weighted by Gasteiger charge is 2.58. The first kappa shape index (κ1) is 21.3. The summed E-state index contributed by atoms with van der Waals surface area (Å²) in [5, 5.41) is -0.298. The lowest BCUT2D eigenvalue weighted by Crippen LogP contribution is -2.44. The van der Waals surface area contributed by atoms with Crippen LogP contribution in [0.5, 0.6) is 0 Å². The van der Waals surface area contributed by atoms with Gasteiger partial charge in [-0.1, -0.05) is 29.8 Å². The normalized spacial score (nSPS) is 22.9. The van der Waals surface area contributed by atoms with Crippen LogP contribution in [0.1, 0.15) is 40.2 Å². The van der Waals surface area contributed by atoms with Gasteiger partial charge in [0.15, 0.2) is 0 Å². The van der Waals surface area contributed by atoms with Gasteiger partial charge >= 0.3 is 6.18 Å². The smallest absolute Gasteiger partial charge is 0.305 e. The van der Waals surface area contributed by atoms with Gasteiger partial charge in [0.05, 0.1) is 11.6 Å². The van der Waals surface area contributed by atoms with Gasteiger partial charge in [0, 0.05) is 31.1 Å². The molecule has 0 spiro atoms.